The van der Waals surface area contributed by atoms with E-state index in [9.17, 15) is 4.39 Å². The van der Waals surface area contributed by atoms with Crippen molar-refractivity contribution >= 4 is 0 Å². The van der Waals surface area contributed by atoms with Crippen LogP contribution in [-0.4, -0.2) is 24.5 Å². The van der Waals surface area contributed by atoms with E-state index in [0.717, 1.165) is 31.5 Å². The first-order chi connectivity index (χ1) is 8.67. The van der Waals surface area contributed by atoms with Crippen molar-refractivity contribution in [1.29, 1.82) is 0 Å². The molecule has 2 nitrogen and oxygen atoms in total. The first kappa shape index (κ1) is 13.5. The molecule has 1 aliphatic rings. The summed E-state index contributed by atoms with van der Waals surface area (Å²) < 4.78 is 13.7. The van der Waals surface area contributed by atoms with E-state index in [2.05, 4.69) is 17.9 Å². The molecule has 0 aromatic heterocycles. The third kappa shape index (κ3) is 2.57. The van der Waals surface area contributed by atoms with E-state index in [0.29, 0.717) is 24.1 Å². The van der Waals surface area contributed by atoms with E-state index in [-0.39, 0.29) is 5.82 Å². The summed E-state index contributed by atoms with van der Waals surface area (Å²) in [5, 5.41) is 0. The van der Waals surface area contributed by atoms with Crippen molar-refractivity contribution in [2.24, 2.45) is 11.7 Å². The van der Waals surface area contributed by atoms with Gasteiger partial charge in [0.1, 0.15) is 5.82 Å². The highest BCUT2D eigenvalue weighted by Gasteiger charge is 2.33. The zero-order valence-corrected chi connectivity index (χ0v) is 11.3. The smallest absolute Gasteiger partial charge is 0.126 e. The van der Waals surface area contributed by atoms with Crippen LogP contribution in [0.4, 0.5) is 4.39 Å². The van der Waals surface area contributed by atoms with Gasteiger partial charge in [-0.05, 0) is 62.5 Å². The highest BCUT2D eigenvalue weighted by molar-refractivity contribution is 5.27. The molecule has 1 aliphatic heterocycles. The lowest BCUT2D eigenvalue weighted by Crippen LogP contribution is -2.29. The Kier molecular flexibility index (Phi) is 4.36. The molecule has 1 heterocycles. The highest BCUT2D eigenvalue weighted by Crippen LogP contribution is 2.37. The minimum Gasteiger partial charge on any atom is -0.330 e. The van der Waals surface area contributed by atoms with E-state index >= 15 is 0 Å². The van der Waals surface area contributed by atoms with Crippen molar-refractivity contribution in [3.05, 3.63) is 35.1 Å². The fourth-order valence-corrected chi connectivity index (χ4v) is 2.99. The first-order valence-corrected chi connectivity index (χ1v) is 6.87. The minimum atomic E-state index is -0.105. The average molecular weight is 250 g/mol. The van der Waals surface area contributed by atoms with Crippen molar-refractivity contribution in [1.82, 2.24) is 4.90 Å². The SMILES string of the molecule is CCCN1CCC(CN)C1c1ccc(C)c(F)c1. The van der Waals surface area contributed by atoms with Crippen molar-refractivity contribution in [2.75, 3.05) is 19.6 Å². The Hall–Kier alpha value is -0.930. The number of rotatable bonds is 4. The molecule has 18 heavy (non-hydrogen) atoms. The second-order valence-corrected chi connectivity index (χ2v) is 5.27. The lowest BCUT2D eigenvalue weighted by molar-refractivity contribution is 0.230. The molecule has 0 aliphatic carbocycles. The Labute approximate surface area is 109 Å². The van der Waals surface area contributed by atoms with Crippen LogP contribution in [-0.2, 0) is 0 Å². The van der Waals surface area contributed by atoms with E-state index in [4.69, 9.17) is 5.73 Å². The fourth-order valence-electron chi connectivity index (χ4n) is 2.99. The Morgan fingerprint density at radius 1 is 1.44 bits per heavy atom. The number of aryl methyl sites for hydroxylation is 1. The lowest BCUT2D eigenvalue weighted by Gasteiger charge is -2.28. The van der Waals surface area contributed by atoms with Gasteiger partial charge in [-0.2, -0.15) is 0 Å². The standard InChI is InChI=1S/C15H23FN2/c1-3-7-18-8-6-13(10-17)15(18)12-5-4-11(2)14(16)9-12/h4-5,9,13,15H,3,6-8,10,17H2,1-2H3. The number of benzene rings is 1. The summed E-state index contributed by atoms with van der Waals surface area (Å²) in [6, 6.07) is 5.92. The van der Waals surface area contributed by atoms with Crippen molar-refractivity contribution < 1.29 is 4.39 Å². The topological polar surface area (TPSA) is 29.3 Å². The van der Waals surface area contributed by atoms with E-state index in [1.165, 1.54) is 0 Å². The zero-order valence-electron chi connectivity index (χ0n) is 11.3. The quantitative estimate of drug-likeness (QED) is 0.890. The Bertz CT molecular complexity index is 405. The van der Waals surface area contributed by atoms with Crippen molar-refractivity contribution in [3.8, 4) is 0 Å². The van der Waals surface area contributed by atoms with Crippen LogP contribution >= 0.6 is 0 Å². The minimum absolute atomic E-state index is 0.105. The monoisotopic (exact) mass is 250 g/mol. The lowest BCUT2D eigenvalue weighted by atomic mass is 9.93. The third-order valence-corrected chi connectivity index (χ3v) is 3.98. The number of hydrogen-bond donors (Lipinski definition) is 1. The summed E-state index contributed by atoms with van der Waals surface area (Å²) in [5.41, 5.74) is 7.66. The molecule has 3 heteroatoms. The number of halogens is 1. The van der Waals surface area contributed by atoms with Crippen LogP contribution < -0.4 is 5.73 Å². The normalized spacial score (nSPS) is 24.7. The van der Waals surface area contributed by atoms with Gasteiger partial charge >= 0.3 is 0 Å². The van der Waals surface area contributed by atoms with Crippen molar-refractivity contribution in [2.45, 2.75) is 32.7 Å². The molecule has 0 bridgehead atoms. The van der Waals surface area contributed by atoms with Gasteiger partial charge in [0.05, 0.1) is 0 Å². The van der Waals surface area contributed by atoms with Gasteiger partial charge in [-0.3, -0.25) is 4.90 Å². The maximum atomic E-state index is 13.7. The molecular weight excluding hydrogens is 227 g/mol. The zero-order chi connectivity index (χ0) is 13.1. The second kappa shape index (κ2) is 5.81. The highest BCUT2D eigenvalue weighted by atomic mass is 19.1. The first-order valence-electron chi connectivity index (χ1n) is 6.87. The summed E-state index contributed by atoms with van der Waals surface area (Å²) in [6.45, 7) is 6.81. The molecule has 2 atom stereocenters. The predicted molar refractivity (Wildman–Crippen MR) is 72.9 cm³/mol. The van der Waals surface area contributed by atoms with Gasteiger partial charge in [0.25, 0.3) is 0 Å². The Balaban J connectivity index is 2.28. The molecule has 0 amide bonds. The summed E-state index contributed by atoms with van der Waals surface area (Å²) in [5.74, 6) is 0.352. The van der Waals surface area contributed by atoms with Crippen molar-refractivity contribution in [3.63, 3.8) is 0 Å². The molecule has 2 unspecified atom stereocenters. The van der Waals surface area contributed by atoms with Crippen LogP contribution in [0.15, 0.2) is 18.2 Å². The number of nitrogens with two attached hydrogens (primary N) is 1. The van der Waals surface area contributed by atoms with Gasteiger partial charge < -0.3 is 5.73 Å². The van der Waals surface area contributed by atoms with Crippen LogP contribution in [0, 0.1) is 18.7 Å². The molecule has 1 aromatic carbocycles. The van der Waals surface area contributed by atoms with Gasteiger partial charge in [-0.25, -0.2) is 4.39 Å². The summed E-state index contributed by atoms with van der Waals surface area (Å²) in [4.78, 5) is 2.45. The summed E-state index contributed by atoms with van der Waals surface area (Å²) >= 11 is 0. The third-order valence-electron chi connectivity index (χ3n) is 3.98. The molecule has 0 spiro atoms. The molecule has 0 saturated carbocycles. The maximum absolute atomic E-state index is 13.7. The number of likely N-dealkylation sites (tertiary alicyclic amines) is 1. The molecule has 100 valence electrons. The second-order valence-electron chi connectivity index (χ2n) is 5.27. The molecule has 0 radical (unpaired) electrons. The molecular formula is C15H23FN2. The van der Waals surface area contributed by atoms with Crippen LogP contribution in [0.1, 0.15) is 36.9 Å². The number of hydrogen-bond acceptors (Lipinski definition) is 2. The molecule has 2 N–H and O–H groups in total. The van der Waals surface area contributed by atoms with Crippen LogP contribution in [0.25, 0.3) is 0 Å². The molecule has 1 fully saturated rings. The van der Waals surface area contributed by atoms with Crippen LogP contribution in [0.2, 0.25) is 0 Å². The number of nitrogens with zero attached hydrogens (tertiary/aromatic N) is 1. The van der Waals surface area contributed by atoms with Gasteiger partial charge in [-0.1, -0.05) is 19.1 Å². The van der Waals surface area contributed by atoms with E-state index < -0.39 is 0 Å². The summed E-state index contributed by atoms with van der Waals surface area (Å²) in [6.07, 6.45) is 2.25. The fraction of sp³-hybridized carbons (Fsp3) is 0.600. The molecule has 2 rings (SSSR count). The predicted octanol–water partition coefficient (Wildman–Crippen LogP) is 2.87. The van der Waals surface area contributed by atoms with Gasteiger partial charge in [0.15, 0.2) is 0 Å². The van der Waals surface area contributed by atoms with E-state index in [1.54, 1.807) is 13.0 Å². The Morgan fingerprint density at radius 3 is 2.83 bits per heavy atom. The van der Waals surface area contributed by atoms with Gasteiger partial charge in [-0.15, -0.1) is 0 Å². The van der Waals surface area contributed by atoms with E-state index in [1.807, 2.05) is 6.07 Å². The van der Waals surface area contributed by atoms with Gasteiger partial charge in [0.2, 0.25) is 0 Å². The Morgan fingerprint density at radius 2 is 2.22 bits per heavy atom. The molecule has 1 aromatic rings. The maximum Gasteiger partial charge on any atom is 0.126 e. The summed E-state index contributed by atoms with van der Waals surface area (Å²) in [7, 11) is 0. The largest absolute Gasteiger partial charge is 0.330 e. The van der Waals surface area contributed by atoms with Gasteiger partial charge in [0, 0.05) is 6.04 Å². The van der Waals surface area contributed by atoms with Crippen LogP contribution in [0.5, 0.6) is 0 Å². The molecule has 1 saturated heterocycles. The average Bonchev–Trinajstić information content (AvgIpc) is 2.76. The van der Waals surface area contributed by atoms with Crippen LogP contribution in [0.3, 0.4) is 0 Å².